The normalized spacial score (nSPS) is 17.6. The number of carbonyl (C=O) groups excluding carboxylic acids is 1. The number of amides is 1. The number of benzene rings is 1. The summed E-state index contributed by atoms with van der Waals surface area (Å²) >= 11 is 0. The highest BCUT2D eigenvalue weighted by atomic mass is 32.2. The molecule has 0 unspecified atom stereocenters. The molecule has 6 heteroatoms. The minimum Gasteiger partial charge on any atom is -0.398 e. The standard InChI is InChI=1S/C10H12N2O3S/c1-2-6-12-10(13)7-4-3-5-8(11)9(7)16(12,14)15/h3-5H,2,6,11H2,1H3. The van der Waals surface area contributed by atoms with Crippen molar-refractivity contribution < 1.29 is 13.2 Å². The highest BCUT2D eigenvalue weighted by Gasteiger charge is 2.41. The van der Waals surface area contributed by atoms with E-state index in [9.17, 15) is 13.2 Å². The Kier molecular flexibility index (Phi) is 2.38. The Bertz CT molecular complexity index is 551. The lowest BCUT2D eigenvalue weighted by Gasteiger charge is -2.13. The van der Waals surface area contributed by atoms with Gasteiger partial charge in [-0.15, -0.1) is 0 Å². The Labute approximate surface area is 93.9 Å². The molecule has 0 aliphatic carbocycles. The van der Waals surface area contributed by atoms with E-state index in [0.717, 1.165) is 4.31 Å². The molecule has 0 fully saturated rings. The molecule has 5 nitrogen and oxygen atoms in total. The molecule has 1 aromatic rings. The zero-order valence-corrected chi connectivity index (χ0v) is 9.62. The van der Waals surface area contributed by atoms with Crippen LogP contribution in [-0.2, 0) is 10.0 Å². The number of nitrogens with two attached hydrogens (primary N) is 1. The maximum atomic E-state index is 12.0. The van der Waals surface area contributed by atoms with Crippen LogP contribution < -0.4 is 5.73 Å². The van der Waals surface area contributed by atoms with Gasteiger partial charge in [0.15, 0.2) is 0 Å². The molecule has 1 heterocycles. The lowest BCUT2D eigenvalue weighted by atomic mass is 10.2. The van der Waals surface area contributed by atoms with Crippen LogP contribution in [0.4, 0.5) is 5.69 Å². The van der Waals surface area contributed by atoms with Gasteiger partial charge >= 0.3 is 0 Å². The van der Waals surface area contributed by atoms with Crippen molar-refractivity contribution in [3.8, 4) is 0 Å². The molecule has 0 radical (unpaired) electrons. The van der Waals surface area contributed by atoms with Gasteiger partial charge in [-0.25, -0.2) is 12.7 Å². The third-order valence-corrected chi connectivity index (χ3v) is 4.38. The first-order valence-electron chi connectivity index (χ1n) is 4.95. The zero-order chi connectivity index (χ0) is 11.9. The molecule has 1 aliphatic heterocycles. The minimum absolute atomic E-state index is 0.0477. The van der Waals surface area contributed by atoms with Gasteiger partial charge in [0.1, 0.15) is 4.90 Å². The van der Waals surface area contributed by atoms with Gasteiger partial charge in [-0.2, -0.15) is 0 Å². The Morgan fingerprint density at radius 1 is 1.38 bits per heavy atom. The van der Waals surface area contributed by atoms with Crippen molar-refractivity contribution in [2.24, 2.45) is 0 Å². The molecule has 1 amide bonds. The van der Waals surface area contributed by atoms with Crippen LogP contribution in [0.1, 0.15) is 23.7 Å². The molecule has 0 saturated heterocycles. The number of fused-ring (bicyclic) bond motifs is 1. The van der Waals surface area contributed by atoms with Gasteiger partial charge < -0.3 is 5.73 Å². The van der Waals surface area contributed by atoms with E-state index in [1.807, 2.05) is 6.92 Å². The zero-order valence-electron chi connectivity index (χ0n) is 8.80. The second-order valence-corrected chi connectivity index (χ2v) is 5.41. The maximum absolute atomic E-state index is 12.0. The average Bonchev–Trinajstić information content (AvgIpc) is 2.41. The summed E-state index contributed by atoms with van der Waals surface area (Å²) in [6, 6.07) is 4.55. The monoisotopic (exact) mass is 240 g/mol. The lowest BCUT2D eigenvalue weighted by Crippen LogP contribution is -2.30. The van der Waals surface area contributed by atoms with Gasteiger partial charge in [0.2, 0.25) is 0 Å². The van der Waals surface area contributed by atoms with Gasteiger partial charge in [-0.05, 0) is 18.6 Å². The van der Waals surface area contributed by atoms with E-state index in [0.29, 0.717) is 6.42 Å². The molecule has 1 aliphatic rings. The summed E-state index contributed by atoms with van der Waals surface area (Å²) in [6.45, 7) is 2.00. The Hall–Kier alpha value is -1.56. The summed E-state index contributed by atoms with van der Waals surface area (Å²) in [5.41, 5.74) is 5.91. The Morgan fingerprint density at radius 2 is 2.06 bits per heavy atom. The van der Waals surface area contributed by atoms with Crippen LogP contribution in [0, 0.1) is 0 Å². The van der Waals surface area contributed by atoms with Crippen molar-refractivity contribution >= 4 is 21.6 Å². The third-order valence-electron chi connectivity index (χ3n) is 2.48. The number of carbonyl (C=O) groups is 1. The number of hydrogen-bond acceptors (Lipinski definition) is 4. The summed E-state index contributed by atoms with van der Waals surface area (Å²) in [6.07, 6.45) is 0.582. The van der Waals surface area contributed by atoms with Crippen LogP contribution in [0.25, 0.3) is 0 Å². The van der Waals surface area contributed by atoms with Crippen LogP contribution in [0.2, 0.25) is 0 Å². The van der Waals surface area contributed by atoms with Crippen LogP contribution in [-0.4, -0.2) is 25.2 Å². The molecule has 86 valence electrons. The largest absolute Gasteiger partial charge is 0.398 e. The minimum atomic E-state index is -3.73. The molecule has 0 saturated carbocycles. The van der Waals surface area contributed by atoms with E-state index in [4.69, 9.17) is 5.73 Å². The topological polar surface area (TPSA) is 80.5 Å². The van der Waals surface area contributed by atoms with E-state index in [2.05, 4.69) is 0 Å². The van der Waals surface area contributed by atoms with Crippen molar-refractivity contribution in [1.29, 1.82) is 0 Å². The van der Waals surface area contributed by atoms with Crippen LogP contribution >= 0.6 is 0 Å². The number of hydrogen-bond donors (Lipinski definition) is 1. The quantitative estimate of drug-likeness (QED) is 0.776. The first-order chi connectivity index (χ1) is 7.50. The van der Waals surface area contributed by atoms with Crippen LogP contribution in [0.15, 0.2) is 23.1 Å². The summed E-state index contributed by atoms with van der Waals surface area (Å²) in [5.74, 6) is -0.482. The molecule has 0 bridgehead atoms. The number of nitrogens with zero attached hydrogens (tertiary/aromatic N) is 1. The number of sulfonamides is 1. The van der Waals surface area contributed by atoms with Gasteiger partial charge in [-0.1, -0.05) is 13.0 Å². The molecule has 2 rings (SSSR count). The average molecular weight is 240 g/mol. The van der Waals surface area contributed by atoms with Crippen LogP contribution in [0.3, 0.4) is 0 Å². The van der Waals surface area contributed by atoms with Crippen LogP contribution in [0.5, 0.6) is 0 Å². The molecule has 0 aromatic heterocycles. The van der Waals surface area contributed by atoms with E-state index >= 15 is 0 Å². The summed E-state index contributed by atoms with van der Waals surface area (Å²) in [7, 11) is -3.73. The molecule has 1 aromatic carbocycles. The Morgan fingerprint density at radius 3 is 2.62 bits per heavy atom. The predicted molar refractivity (Wildman–Crippen MR) is 59.4 cm³/mol. The highest BCUT2D eigenvalue weighted by molar-refractivity contribution is 7.90. The lowest BCUT2D eigenvalue weighted by molar-refractivity contribution is 0.0871. The fraction of sp³-hybridized carbons (Fsp3) is 0.300. The third kappa shape index (κ3) is 1.30. The van der Waals surface area contributed by atoms with Gasteiger partial charge in [0.05, 0.1) is 11.3 Å². The smallest absolute Gasteiger partial charge is 0.269 e. The van der Waals surface area contributed by atoms with Gasteiger partial charge in [-0.3, -0.25) is 4.79 Å². The molecule has 0 atom stereocenters. The fourth-order valence-corrected chi connectivity index (χ4v) is 3.55. The summed E-state index contributed by atoms with van der Waals surface area (Å²) in [5, 5.41) is 0. The first-order valence-corrected chi connectivity index (χ1v) is 6.39. The predicted octanol–water partition coefficient (Wildman–Crippen LogP) is 0.823. The van der Waals surface area contributed by atoms with E-state index in [1.165, 1.54) is 12.1 Å². The number of rotatable bonds is 2. The van der Waals surface area contributed by atoms with E-state index in [-0.39, 0.29) is 22.7 Å². The Balaban J connectivity index is 2.68. The number of anilines is 1. The van der Waals surface area contributed by atoms with Crippen molar-refractivity contribution in [2.75, 3.05) is 12.3 Å². The molecule has 16 heavy (non-hydrogen) atoms. The fourth-order valence-electron chi connectivity index (χ4n) is 1.79. The highest BCUT2D eigenvalue weighted by Crippen LogP contribution is 2.34. The number of nitrogen functional groups attached to an aromatic ring is 1. The summed E-state index contributed by atoms with van der Waals surface area (Å²) in [4.78, 5) is 11.8. The van der Waals surface area contributed by atoms with Crippen molar-refractivity contribution in [3.05, 3.63) is 23.8 Å². The summed E-state index contributed by atoms with van der Waals surface area (Å²) < 4.78 is 24.9. The molecule has 2 N–H and O–H groups in total. The van der Waals surface area contributed by atoms with E-state index in [1.54, 1.807) is 6.07 Å². The molecule has 0 spiro atoms. The van der Waals surface area contributed by atoms with E-state index < -0.39 is 15.9 Å². The van der Waals surface area contributed by atoms with Crippen molar-refractivity contribution in [1.82, 2.24) is 4.31 Å². The van der Waals surface area contributed by atoms with Crippen molar-refractivity contribution in [3.63, 3.8) is 0 Å². The first kappa shape index (κ1) is 10.9. The maximum Gasteiger partial charge on any atom is 0.269 e. The second-order valence-electron chi connectivity index (χ2n) is 3.61. The second kappa shape index (κ2) is 3.48. The van der Waals surface area contributed by atoms with Gasteiger partial charge in [0.25, 0.3) is 15.9 Å². The van der Waals surface area contributed by atoms with Gasteiger partial charge in [0, 0.05) is 6.54 Å². The SMILES string of the molecule is CCCN1C(=O)c2cccc(N)c2S1(=O)=O. The van der Waals surface area contributed by atoms with Crippen molar-refractivity contribution in [2.45, 2.75) is 18.2 Å². The molecular formula is C10H12N2O3S. The molecular weight excluding hydrogens is 228 g/mol.